The summed E-state index contributed by atoms with van der Waals surface area (Å²) in [5, 5.41) is 9.34. The molecule has 0 atom stereocenters. The van der Waals surface area contributed by atoms with Crippen molar-refractivity contribution in [3.05, 3.63) is 59.9 Å². The normalized spacial score (nSPS) is 10.2. The average molecular weight is 200 g/mol. The van der Waals surface area contributed by atoms with Crippen LogP contribution in [0, 0.1) is 6.92 Å². The summed E-state index contributed by atoms with van der Waals surface area (Å²) in [5.74, 6) is 0.297. The van der Waals surface area contributed by atoms with Crippen LogP contribution in [0.4, 0.5) is 0 Å². The third kappa shape index (κ3) is 2.34. The molecular formula is C13H14NO+. The van der Waals surface area contributed by atoms with Crippen molar-refractivity contribution in [2.45, 2.75) is 13.5 Å². The summed E-state index contributed by atoms with van der Waals surface area (Å²) >= 11 is 0. The molecule has 2 rings (SSSR count). The molecule has 0 aliphatic rings. The summed E-state index contributed by atoms with van der Waals surface area (Å²) in [6.07, 6.45) is 3.68. The zero-order valence-corrected chi connectivity index (χ0v) is 8.72. The molecule has 0 aliphatic heterocycles. The molecule has 2 heteroatoms. The van der Waals surface area contributed by atoms with E-state index in [1.807, 2.05) is 29.0 Å². The molecule has 0 saturated heterocycles. The Labute approximate surface area is 89.4 Å². The van der Waals surface area contributed by atoms with Crippen LogP contribution in [0.25, 0.3) is 0 Å². The van der Waals surface area contributed by atoms with E-state index in [4.69, 9.17) is 0 Å². The van der Waals surface area contributed by atoms with Gasteiger partial charge in [-0.25, -0.2) is 0 Å². The van der Waals surface area contributed by atoms with Crippen LogP contribution < -0.4 is 4.57 Å². The Kier molecular flexibility index (Phi) is 2.68. The highest BCUT2D eigenvalue weighted by atomic mass is 16.3. The van der Waals surface area contributed by atoms with E-state index in [2.05, 4.69) is 19.1 Å². The molecular weight excluding hydrogens is 186 g/mol. The molecule has 0 radical (unpaired) electrons. The first kappa shape index (κ1) is 9.71. The van der Waals surface area contributed by atoms with E-state index < -0.39 is 0 Å². The van der Waals surface area contributed by atoms with Gasteiger partial charge in [0, 0.05) is 11.6 Å². The van der Waals surface area contributed by atoms with Crippen molar-refractivity contribution in [3.63, 3.8) is 0 Å². The lowest BCUT2D eigenvalue weighted by Gasteiger charge is -2.01. The van der Waals surface area contributed by atoms with Crippen LogP contribution in [0.15, 0.2) is 48.8 Å². The van der Waals surface area contributed by atoms with Crippen LogP contribution in [0.1, 0.15) is 11.1 Å². The number of pyridine rings is 1. The minimum absolute atomic E-state index is 0.297. The van der Waals surface area contributed by atoms with Gasteiger partial charge < -0.3 is 5.11 Å². The zero-order chi connectivity index (χ0) is 10.7. The maximum Gasteiger partial charge on any atom is 0.211 e. The van der Waals surface area contributed by atoms with Gasteiger partial charge in [-0.2, -0.15) is 4.57 Å². The molecule has 0 saturated carbocycles. The van der Waals surface area contributed by atoms with E-state index in [1.54, 1.807) is 12.3 Å². The first-order chi connectivity index (χ1) is 7.25. The topological polar surface area (TPSA) is 24.1 Å². The Morgan fingerprint density at radius 3 is 2.67 bits per heavy atom. The van der Waals surface area contributed by atoms with Gasteiger partial charge in [0.05, 0.1) is 0 Å². The van der Waals surface area contributed by atoms with Crippen molar-refractivity contribution in [1.29, 1.82) is 0 Å². The third-order valence-corrected chi connectivity index (χ3v) is 2.46. The maximum atomic E-state index is 9.34. The van der Waals surface area contributed by atoms with E-state index in [-0.39, 0.29) is 0 Å². The number of hydrogen-bond donors (Lipinski definition) is 1. The summed E-state index contributed by atoms with van der Waals surface area (Å²) in [7, 11) is 0. The average Bonchev–Trinajstić information content (AvgIpc) is 2.22. The van der Waals surface area contributed by atoms with Crippen molar-refractivity contribution < 1.29 is 9.67 Å². The molecule has 0 aliphatic carbocycles. The van der Waals surface area contributed by atoms with Crippen molar-refractivity contribution in [2.75, 3.05) is 0 Å². The standard InChI is InChI=1S/C13H13NO/c1-11-5-2-3-6-12(11)9-14-8-4-7-13(15)10-14/h2-8,10H,9H2,1H3/p+1. The van der Waals surface area contributed by atoms with Crippen LogP contribution in [-0.4, -0.2) is 5.11 Å². The molecule has 0 spiro atoms. The van der Waals surface area contributed by atoms with Gasteiger partial charge in [-0.15, -0.1) is 0 Å². The number of aromatic hydroxyl groups is 1. The highest BCUT2D eigenvalue weighted by Crippen LogP contribution is 2.07. The minimum atomic E-state index is 0.297. The van der Waals surface area contributed by atoms with Gasteiger partial charge in [0.1, 0.15) is 0 Å². The number of aryl methyl sites for hydroxylation is 1. The molecule has 2 aromatic rings. The van der Waals surface area contributed by atoms with Gasteiger partial charge in [-0.3, -0.25) is 0 Å². The Morgan fingerprint density at radius 1 is 1.13 bits per heavy atom. The van der Waals surface area contributed by atoms with Crippen molar-refractivity contribution in [2.24, 2.45) is 0 Å². The SMILES string of the molecule is Cc1ccccc1C[n+]1cccc(O)c1. The summed E-state index contributed by atoms with van der Waals surface area (Å²) < 4.78 is 1.97. The van der Waals surface area contributed by atoms with Gasteiger partial charge >= 0.3 is 0 Å². The molecule has 1 aromatic carbocycles. The number of benzene rings is 1. The molecule has 1 heterocycles. The second kappa shape index (κ2) is 4.13. The quantitative estimate of drug-likeness (QED) is 0.737. The molecule has 2 nitrogen and oxygen atoms in total. The molecule has 0 unspecified atom stereocenters. The van der Waals surface area contributed by atoms with Crippen LogP contribution in [0.2, 0.25) is 0 Å². The number of aromatic nitrogens is 1. The van der Waals surface area contributed by atoms with Gasteiger partial charge in [0.15, 0.2) is 18.5 Å². The van der Waals surface area contributed by atoms with E-state index in [1.165, 1.54) is 11.1 Å². The molecule has 76 valence electrons. The van der Waals surface area contributed by atoms with Crippen molar-refractivity contribution in [1.82, 2.24) is 0 Å². The van der Waals surface area contributed by atoms with Gasteiger partial charge in [0.25, 0.3) is 0 Å². The molecule has 15 heavy (non-hydrogen) atoms. The van der Waals surface area contributed by atoms with Crippen LogP contribution in [0.3, 0.4) is 0 Å². The van der Waals surface area contributed by atoms with Gasteiger partial charge in [-0.1, -0.05) is 24.3 Å². The van der Waals surface area contributed by atoms with E-state index in [0.29, 0.717) is 5.75 Å². The molecule has 0 amide bonds. The van der Waals surface area contributed by atoms with Crippen LogP contribution in [-0.2, 0) is 6.54 Å². The lowest BCUT2D eigenvalue weighted by molar-refractivity contribution is -0.688. The van der Waals surface area contributed by atoms with E-state index in [0.717, 1.165) is 6.54 Å². The smallest absolute Gasteiger partial charge is 0.211 e. The van der Waals surface area contributed by atoms with Crippen LogP contribution >= 0.6 is 0 Å². The fourth-order valence-electron chi connectivity index (χ4n) is 1.59. The van der Waals surface area contributed by atoms with Crippen LogP contribution in [0.5, 0.6) is 5.75 Å². The van der Waals surface area contributed by atoms with E-state index >= 15 is 0 Å². The molecule has 0 fully saturated rings. The van der Waals surface area contributed by atoms with E-state index in [9.17, 15) is 5.11 Å². The fourth-order valence-corrected chi connectivity index (χ4v) is 1.59. The summed E-state index contributed by atoms with van der Waals surface area (Å²) in [6, 6.07) is 11.8. The monoisotopic (exact) mass is 200 g/mol. The first-order valence-electron chi connectivity index (χ1n) is 4.98. The summed E-state index contributed by atoms with van der Waals surface area (Å²) in [6.45, 7) is 2.89. The molecule has 0 bridgehead atoms. The predicted molar refractivity (Wildman–Crippen MR) is 58.6 cm³/mol. The Hall–Kier alpha value is -1.83. The lowest BCUT2D eigenvalue weighted by Crippen LogP contribution is -2.33. The molecule has 1 aromatic heterocycles. The second-order valence-corrected chi connectivity index (χ2v) is 3.66. The fraction of sp³-hybridized carbons (Fsp3) is 0.154. The Balaban J connectivity index is 2.26. The van der Waals surface area contributed by atoms with Crippen molar-refractivity contribution in [3.8, 4) is 5.75 Å². The maximum absolute atomic E-state index is 9.34. The summed E-state index contributed by atoms with van der Waals surface area (Å²) in [4.78, 5) is 0. The zero-order valence-electron chi connectivity index (χ0n) is 8.72. The largest absolute Gasteiger partial charge is 0.503 e. The van der Waals surface area contributed by atoms with Gasteiger partial charge in [0.2, 0.25) is 6.20 Å². The highest BCUT2D eigenvalue weighted by Gasteiger charge is 2.05. The summed E-state index contributed by atoms with van der Waals surface area (Å²) in [5.41, 5.74) is 2.54. The third-order valence-electron chi connectivity index (χ3n) is 2.46. The minimum Gasteiger partial charge on any atom is -0.503 e. The number of nitrogens with zero attached hydrogens (tertiary/aromatic N) is 1. The lowest BCUT2D eigenvalue weighted by atomic mass is 10.1. The first-order valence-corrected chi connectivity index (χ1v) is 4.98. The highest BCUT2D eigenvalue weighted by molar-refractivity contribution is 5.24. The van der Waals surface area contributed by atoms with Crippen molar-refractivity contribution >= 4 is 0 Å². The number of hydrogen-bond acceptors (Lipinski definition) is 1. The predicted octanol–water partition coefficient (Wildman–Crippen LogP) is 2.04. The number of rotatable bonds is 2. The Morgan fingerprint density at radius 2 is 1.93 bits per heavy atom. The van der Waals surface area contributed by atoms with Gasteiger partial charge in [-0.05, 0) is 18.6 Å². The Bertz CT molecular complexity index is 466. The second-order valence-electron chi connectivity index (χ2n) is 3.66. The molecule has 1 N–H and O–H groups in total.